The van der Waals surface area contributed by atoms with Gasteiger partial charge in [0.1, 0.15) is 5.82 Å². The van der Waals surface area contributed by atoms with E-state index >= 15 is 0 Å². The van der Waals surface area contributed by atoms with E-state index in [2.05, 4.69) is 24.1 Å². The molecule has 1 amide bonds. The topological polar surface area (TPSA) is 71.1 Å². The fourth-order valence-corrected chi connectivity index (χ4v) is 4.56. The first-order chi connectivity index (χ1) is 16.8. The Labute approximate surface area is 206 Å². The Kier molecular flexibility index (Phi) is 7.90. The van der Waals surface area contributed by atoms with E-state index < -0.39 is 0 Å². The van der Waals surface area contributed by atoms with Crippen molar-refractivity contribution in [2.75, 3.05) is 50.8 Å². The molecule has 2 aliphatic heterocycles. The average molecular weight is 484 g/mol. The second kappa shape index (κ2) is 11.1. The molecule has 0 aromatic heterocycles. The van der Waals surface area contributed by atoms with Crippen LogP contribution in [-0.2, 0) is 4.79 Å². The first kappa shape index (κ1) is 25.0. The van der Waals surface area contributed by atoms with Gasteiger partial charge >= 0.3 is 0 Å². The summed E-state index contributed by atoms with van der Waals surface area (Å²) < 4.78 is 26.1. The Balaban J connectivity index is 1.33. The van der Waals surface area contributed by atoms with Crippen LogP contribution >= 0.6 is 0 Å². The Morgan fingerprint density at radius 1 is 1.00 bits per heavy atom. The van der Waals surface area contributed by atoms with Gasteiger partial charge in [-0.05, 0) is 48.7 Å². The Morgan fingerprint density at radius 2 is 1.71 bits per heavy atom. The number of halogens is 1. The molecule has 0 unspecified atom stereocenters. The number of hydrogen-bond donors (Lipinski definition) is 1. The van der Waals surface area contributed by atoms with Crippen LogP contribution < -0.4 is 19.7 Å². The quantitative estimate of drug-likeness (QED) is 0.604. The van der Waals surface area contributed by atoms with Crippen LogP contribution in [0.1, 0.15) is 49.2 Å². The number of benzene rings is 2. The summed E-state index contributed by atoms with van der Waals surface area (Å²) in [5, 5.41) is 3.19. The number of rotatable bonds is 7. The van der Waals surface area contributed by atoms with Crippen LogP contribution in [0.2, 0.25) is 0 Å². The highest BCUT2D eigenvalue weighted by molar-refractivity contribution is 5.94. The van der Waals surface area contributed by atoms with Crippen molar-refractivity contribution >= 4 is 17.4 Å². The van der Waals surface area contributed by atoms with Crippen molar-refractivity contribution in [3.63, 3.8) is 0 Å². The minimum absolute atomic E-state index is 0.0405. The van der Waals surface area contributed by atoms with Crippen molar-refractivity contribution in [1.29, 1.82) is 0 Å². The van der Waals surface area contributed by atoms with Gasteiger partial charge in [0, 0.05) is 38.2 Å². The van der Waals surface area contributed by atoms with E-state index in [9.17, 15) is 14.0 Å². The van der Waals surface area contributed by atoms with Gasteiger partial charge in [-0.15, -0.1) is 0 Å². The van der Waals surface area contributed by atoms with Gasteiger partial charge in [0.15, 0.2) is 17.3 Å². The summed E-state index contributed by atoms with van der Waals surface area (Å²) in [5.41, 5.74) is 1.86. The molecule has 4 rings (SSSR count). The van der Waals surface area contributed by atoms with Crippen molar-refractivity contribution in [2.24, 2.45) is 5.92 Å². The SMILES string of the molecule is CC(=O)c1ccc(N2CCN(CC(=O)N[C@H](c3ccc4c(c3)OCCCO4)C(C)C)CC2)c(F)c1. The molecule has 0 aliphatic carbocycles. The second-order valence-electron chi connectivity index (χ2n) is 9.53. The number of hydrogen-bond acceptors (Lipinski definition) is 6. The number of carbonyl (C=O) groups is 2. The average Bonchev–Trinajstić information content (AvgIpc) is 3.08. The number of ketones is 1. The monoisotopic (exact) mass is 483 g/mol. The molecule has 2 heterocycles. The molecule has 35 heavy (non-hydrogen) atoms. The Bertz CT molecular complexity index is 1070. The fourth-order valence-electron chi connectivity index (χ4n) is 4.56. The number of nitrogens with zero attached hydrogens (tertiary/aromatic N) is 2. The number of Topliss-reactive ketones (excluding diaryl/α,β-unsaturated/α-hetero) is 1. The third-order valence-corrected chi connectivity index (χ3v) is 6.55. The van der Waals surface area contributed by atoms with E-state index in [1.807, 2.05) is 23.1 Å². The predicted molar refractivity (Wildman–Crippen MR) is 133 cm³/mol. The molecular weight excluding hydrogens is 449 g/mol. The number of nitrogens with one attached hydrogen (secondary N) is 1. The van der Waals surface area contributed by atoms with Crippen LogP contribution in [0.25, 0.3) is 0 Å². The van der Waals surface area contributed by atoms with Gasteiger partial charge in [-0.1, -0.05) is 19.9 Å². The molecule has 1 saturated heterocycles. The van der Waals surface area contributed by atoms with Crippen LogP contribution in [-0.4, -0.2) is 62.5 Å². The summed E-state index contributed by atoms with van der Waals surface area (Å²) in [6.07, 6.45) is 0.845. The normalized spacial score (nSPS) is 17.1. The molecular formula is C27H34FN3O4. The van der Waals surface area contributed by atoms with Gasteiger partial charge < -0.3 is 19.7 Å². The van der Waals surface area contributed by atoms with Crippen molar-refractivity contribution < 1.29 is 23.5 Å². The smallest absolute Gasteiger partial charge is 0.234 e. The molecule has 2 aromatic carbocycles. The van der Waals surface area contributed by atoms with Crippen molar-refractivity contribution in [2.45, 2.75) is 33.2 Å². The zero-order valence-electron chi connectivity index (χ0n) is 20.7. The number of anilines is 1. The van der Waals surface area contributed by atoms with Crippen molar-refractivity contribution in [3.8, 4) is 11.5 Å². The zero-order chi connectivity index (χ0) is 24.9. The largest absolute Gasteiger partial charge is 0.490 e. The molecule has 1 atom stereocenters. The number of fused-ring (bicyclic) bond motifs is 1. The van der Waals surface area contributed by atoms with E-state index in [4.69, 9.17) is 9.47 Å². The molecule has 1 N–H and O–H groups in total. The lowest BCUT2D eigenvalue weighted by Crippen LogP contribution is -2.50. The summed E-state index contributed by atoms with van der Waals surface area (Å²) in [5.74, 6) is 1.07. The van der Waals surface area contributed by atoms with Gasteiger partial charge in [0.2, 0.25) is 5.91 Å². The van der Waals surface area contributed by atoms with E-state index in [0.717, 1.165) is 23.5 Å². The maximum absolute atomic E-state index is 14.5. The number of carbonyl (C=O) groups excluding carboxylic acids is 2. The second-order valence-corrected chi connectivity index (χ2v) is 9.53. The maximum atomic E-state index is 14.5. The highest BCUT2D eigenvalue weighted by Gasteiger charge is 2.25. The van der Waals surface area contributed by atoms with Gasteiger partial charge in [0.05, 0.1) is 31.5 Å². The predicted octanol–water partition coefficient (Wildman–Crippen LogP) is 3.83. The number of amides is 1. The van der Waals surface area contributed by atoms with Crippen molar-refractivity contribution in [1.82, 2.24) is 10.2 Å². The van der Waals surface area contributed by atoms with Crippen LogP contribution in [0.4, 0.5) is 10.1 Å². The van der Waals surface area contributed by atoms with Crippen LogP contribution in [0, 0.1) is 11.7 Å². The molecule has 2 aromatic rings. The summed E-state index contributed by atoms with van der Waals surface area (Å²) in [7, 11) is 0. The van der Waals surface area contributed by atoms with Crippen LogP contribution in [0.3, 0.4) is 0 Å². The van der Waals surface area contributed by atoms with E-state index in [-0.39, 0.29) is 36.0 Å². The Morgan fingerprint density at radius 3 is 2.37 bits per heavy atom. The highest BCUT2D eigenvalue weighted by atomic mass is 19.1. The highest BCUT2D eigenvalue weighted by Crippen LogP contribution is 2.34. The lowest BCUT2D eigenvalue weighted by molar-refractivity contribution is -0.123. The minimum atomic E-state index is -0.390. The fraction of sp³-hybridized carbons (Fsp3) is 0.481. The molecule has 0 radical (unpaired) electrons. The molecule has 188 valence electrons. The molecule has 7 nitrogen and oxygen atoms in total. The van der Waals surface area contributed by atoms with E-state index in [1.165, 1.54) is 13.0 Å². The van der Waals surface area contributed by atoms with Gasteiger partial charge in [0.25, 0.3) is 0 Å². The first-order valence-corrected chi connectivity index (χ1v) is 12.3. The Hall–Kier alpha value is -3.13. The summed E-state index contributed by atoms with van der Waals surface area (Å²) in [6, 6.07) is 10.3. The zero-order valence-corrected chi connectivity index (χ0v) is 20.7. The maximum Gasteiger partial charge on any atom is 0.234 e. The third kappa shape index (κ3) is 6.11. The molecule has 1 fully saturated rings. The van der Waals surface area contributed by atoms with Crippen LogP contribution in [0.15, 0.2) is 36.4 Å². The van der Waals surface area contributed by atoms with E-state index in [0.29, 0.717) is 50.6 Å². The third-order valence-electron chi connectivity index (χ3n) is 6.55. The molecule has 2 aliphatic rings. The molecule has 0 bridgehead atoms. The molecule has 0 saturated carbocycles. The summed E-state index contributed by atoms with van der Waals surface area (Å²) in [4.78, 5) is 28.5. The number of piperazine rings is 1. The molecule has 0 spiro atoms. The van der Waals surface area contributed by atoms with Gasteiger partial charge in [-0.25, -0.2) is 4.39 Å². The first-order valence-electron chi connectivity index (χ1n) is 12.3. The van der Waals surface area contributed by atoms with E-state index in [1.54, 1.807) is 12.1 Å². The van der Waals surface area contributed by atoms with Crippen LogP contribution in [0.5, 0.6) is 11.5 Å². The van der Waals surface area contributed by atoms with Gasteiger partial charge in [-0.2, -0.15) is 0 Å². The summed E-state index contributed by atoms with van der Waals surface area (Å²) >= 11 is 0. The standard InChI is InChI=1S/C27H34FN3O4/c1-18(2)27(21-6-8-24-25(16-21)35-14-4-13-34-24)29-26(33)17-30-9-11-31(12-10-30)23-7-5-20(19(3)32)15-22(23)28/h5-8,15-16,18,27H,4,9-14,17H2,1-3H3,(H,29,33)/t27-/m0/s1. The number of ether oxygens (including phenoxy) is 2. The van der Waals surface area contributed by atoms with Gasteiger partial charge in [-0.3, -0.25) is 14.5 Å². The minimum Gasteiger partial charge on any atom is -0.490 e. The molecule has 8 heteroatoms. The summed E-state index contributed by atoms with van der Waals surface area (Å²) in [6.45, 7) is 9.66. The van der Waals surface area contributed by atoms with Crippen molar-refractivity contribution in [3.05, 3.63) is 53.3 Å². The lowest BCUT2D eigenvalue weighted by Gasteiger charge is -2.36. The lowest BCUT2D eigenvalue weighted by atomic mass is 9.95.